The van der Waals surface area contributed by atoms with Gasteiger partial charge in [0.15, 0.2) is 0 Å². The van der Waals surface area contributed by atoms with Crippen LogP contribution in [0.15, 0.2) is 0 Å². The summed E-state index contributed by atoms with van der Waals surface area (Å²) in [6.07, 6.45) is 0. The Bertz CT molecular complexity index is 537. The molecule has 1 fully saturated rings. The van der Waals surface area contributed by atoms with Crippen LogP contribution in [0.2, 0.25) is 0 Å². The largest absolute Gasteiger partial charge is 0.335 e. The first kappa shape index (κ1) is 14.5. The van der Waals surface area contributed by atoms with Gasteiger partial charge in [-0.25, -0.2) is 0 Å². The van der Waals surface area contributed by atoms with Crippen molar-refractivity contribution in [2.75, 3.05) is 18.0 Å². The minimum Gasteiger partial charge on any atom is -0.335 e. The molecule has 110 valence electrons. The zero-order valence-corrected chi connectivity index (χ0v) is 12.4. The molecule has 2 rings (SSSR count). The second-order valence-corrected chi connectivity index (χ2v) is 5.01. The third-order valence-corrected chi connectivity index (χ3v) is 3.56. The molecule has 2 N–H and O–H groups in total. The molecule has 0 saturated carbocycles. The molecule has 1 aromatic heterocycles. The van der Waals surface area contributed by atoms with Crippen LogP contribution in [-0.2, 0) is 23.2 Å². The van der Waals surface area contributed by atoms with Crippen LogP contribution in [0.4, 0.5) is 5.82 Å². The predicted octanol–water partition coefficient (Wildman–Crippen LogP) is -0.311. The number of nitrogens with one attached hydrogen (secondary N) is 2. The summed E-state index contributed by atoms with van der Waals surface area (Å²) in [5.41, 5.74) is 1.94. The summed E-state index contributed by atoms with van der Waals surface area (Å²) in [4.78, 5) is 25.3. The zero-order chi connectivity index (χ0) is 14.9. The molecule has 0 bridgehead atoms. The molecule has 7 nitrogen and oxygen atoms in total. The number of amides is 2. The molecule has 1 aromatic rings. The number of carbonyl (C=O) groups excluding carboxylic acids is 2. The molecule has 2 amide bonds. The molecule has 2 heterocycles. The average molecular weight is 279 g/mol. The van der Waals surface area contributed by atoms with Crippen LogP contribution < -0.4 is 15.5 Å². The van der Waals surface area contributed by atoms with E-state index in [2.05, 4.69) is 15.7 Å². The monoisotopic (exact) mass is 279 g/mol. The molecule has 1 atom stereocenters. The molecule has 20 heavy (non-hydrogen) atoms. The van der Waals surface area contributed by atoms with Gasteiger partial charge in [0.05, 0.1) is 12.2 Å². The number of piperazine rings is 1. The molecule has 7 heteroatoms. The molecule has 1 unspecified atom stereocenters. The van der Waals surface area contributed by atoms with Crippen molar-refractivity contribution in [2.24, 2.45) is 7.05 Å². The Morgan fingerprint density at radius 2 is 2.15 bits per heavy atom. The number of nitrogens with zero attached hydrogens (tertiary/aromatic N) is 3. The second kappa shape index (κ2) is 5.62. The van der Waals surface area contributed by atoms with Crippen LogP contribution in [0.5, 0.6) is 0 Å². The third kappa shape index (κ3) is 2.53. The van der Waals surface area contributed by atoms with Gasteiger partial charge in [0.25, 0.3) is 0 Å². The highest BCUT2D eigenvalue weighted by atomic mass is 16.2. The SMILES string of the molecule is CCNCc1c(C)nn(C)c1N1CC(=O)NC(=O)C1C. The van der Waals surface area contributed by atoms with Gasteiger partial charge in [-0.2, -0.15) is 5.10 Å². The number of anilines is 1. The van der Waals surface area contributed by atoms with Crippen LogP contribution in [0.3, 0.4) is 0 Å². The van der Waals surface area contributed by atoms with E-state index >= 15 is 0 Å². The fourth-order valence-corrected chi connectivity index (χ4v) is 2.48. The predicted molar refractivity (Wildman–Crippen MR) is 75.3 cm³/mol. The molecule has 1 aliphatic heterocycles. The summed E-state index contributed by atoms with van der Waals surface area (Å²) >= 11 is 0. The van der Waals surface area contributed by atoms with Crippen LogP contribution in [0.1, 0.15) is 25.1 Å². The lowest BCUT2D eigenvalue weighted by atomic mass is 10.1. The van der Waals surface area contributed by atoms with Crippen LogP contribution in [-0.4, -0.2) is 40.7 Å². The Labute approximate surface area is 118 Å². The number of carbonyl (C=O) groups is 2. The van der Waals surface area contributed by atoms with Gasteiger partial charge in [-0.3, -0.25) is 19.6 Å². The quantitative estimate of drug-likeness (QED) is 0.739. The smallest absolute Gasteiger partial charge is 0.249 e. The lowest BCUT2D eigenvalue weighted by Crippen LogP contribution is -2.57. The molecule has 0 radical (unpaired) electrons. The summed E-state index contributed by atoms with van der Waals surface area (Å²) in [6, 6.07) is -0.386. The number of aryl methyl sites for hydroxylation is 2. The molecule has 0 spiro atoms. The van der Waals surface area contributed by atoms with Crippen LogP contribution >= 0.6 is 0 Å². The summed E-state index contributed by atoms with van der Waals surface area (Å²) in [6.45, 7) is 7.46. The first-order valence-electron chi connectivity index (χ1n) is 6.79. The van der Waals surface area contributed by atoms with E-state index in [1.165, 1.54) is 0 Å². The maximum atomic E-state index is 11.8. The normalized spacial score (nSPS) is 19.4. The summed E-state index contributed by atoms with van der Waals surface area (Å²) < 4.78 is 1.74. The Balaban J connectivity index is 2.39. The van der Waals surface area contributed by atoms with Crippen molar-refractivity contribution in [1.29, 1.82) is 0 Å². The topological polar surface area (TPSA) is 79.3 Å². The van der Waals surface area contributed by atoms with Crippen molar-refractivity contribution in [3.05, 3.63) is 11.3 Å². The maximum absolute atomic E-state index is 11.8. The zero-order valence-electron chi connectivity index (χ0n) is 12.4. The molecule has 1 saturated heterocycles. The van der Waals surface area contributed by atoms with Gasteiger partial charge in [0.1, 0.15) is 11.9 Å². The van der Waals surface area contributed by atoms with Crippen molar-refractivity contribution in [3.63, 3.8) is 0 Å². The number of aromatic nitrogens is 2. The van der Waals surface area contributed by atoms with Crippen molar-refractivity contribution in [3.8, 4) is 0 Å². The van der Waals surface area contributed by atoms with Crippen LogP contribution in [0.25, 0.3) is 0 Å². The van der Waals surface area contributed by atoms with Crippen molar-refractivity contribution in [2.45, 2.75) is 33.4 Å². The molecule has 0 aliphatic carbocycles. The highest BCUT2D eigenvalue weighted by Crippen LogP contribution is 2.26. The van der Waals surface area contributed by atoms with E-state index in [0.29, 0.717) is 6.54 Å². The molecular formula is C13H21N5O2. The number of imide groups is 1. The summed E-state index contributed by atoms with van der Waals surface area (Å²) in [5.74, 6) is 0.287. The summed E-state index contributed by atoms with van der Waals surface area (Å²) in [5, 5.41) is 10.0. The van der Waals surface area contributed by atoms with Gasteiger partial charge in [0, 0.05) is 19.2 Å². The highest BCUT2D eigenvalue weighted by molar-refractivity contribution is 6.04. The van der Waals surface area contributed by atoms with Crippen molar-refractivity contribution >= 4 is 17.6 Å². The van der Waals surface area contributed by atoms with Gasteiger partial charge in [0.2, 0.25) is 11.8 Å². The molecular weight excluding hydrogens is 258 g/mol. The Kier molecular flexibility index (Phi) is 4.08. The van der Waals surface area contributed by atoms with Gasteiger partial charge in [-0.1, -0.05) is 6.92 Å². The fraction of sp³-hybridized carbons (Fsp3) is 0.615. The van der Waals surface area contributed by atoms with Gasteiger partial charge < -0.3 is 10.2 Å². The highest BCUT2D eigenvalue weighted by Gasteiger charge is 2.33. The van der Waals surface area contributed by atoms with Crippen molar-refractivity contribution < 1.29 is 9.59 Å². The fourth-order valence-electron chi connectivity index (χ4n) is 2.48. The van der Waals surface area contributed by atoms with Gasteiger partial charge in [-0.15, -0.1) is 0 Å². The van der Waals surface area contributed by atoms with E-state index in [1.54, 1.807) is 11.6 Å². The third-order valence-electron chi connectivity index (χ3n) is 3.56. The Morgan fingerprint density at radius 1 is 1.45 bits per heavy atom. The minimum absolute atomic E-state index is 0.172. The molecule has 1 aliphatic rings. The average Bonchev–Trinajstić information content (AvgIpc) is 2.66. The van der Waals surface area contributed by atoms with Crippen LogP contribution in [0, 0.1) is 6.92 Å². The standard InChI is InChI=1S/C13H21N5O2/c1-5-14-6-10-8(2)16-17(4)13(10)18-7-11(19)15-12(20)9(18)3/h9,14H,5-7H2,1-4H3,(H,15,19,20). The van der Waals surface area contributed by atoms with Gasteiger partial charge >= 0.3 is 0 Å². The first-order chi connectivity index (χ1) is 9.45. The van der Waals surface area contributed by atoms with E-state index < -0.39 is 0 Å². The maximum Gasteiger partial charge on any atom is 0.249 e. The second-order valence-electron chi connectivity index (χ2n) is 5.01. The van der Waals surface area contributed by atoms with Gasteiger partial charge in [-0.05, 0) is 20.4 Å². The lowest BCUT2D eigenvalue weighted by molar-refractivity contribution is -0.132. The van der Waals surface area contributed by atoms with E-state index in [0.717, 1.165) is 23.6 Å². The number of rotatable bonds is 4. The number of hydrogen-bond donors (Lipinski definition) is 2. The Hall–Kier alpha value is -1.89. The van der Waals surface area contributed by atoms with E-state index in [1.807, 2.05) is 25.8 Å². The Morgan fingerprint density at radius 3 is 2.80 bits per heavy atom. The van der Waals surface area contributed by atoms with E-state index in [-0.39, 0.29) is 24.4 Å². The number of hydrogen-bond acceptors (Lipinski definition) is 5. The first-order valence-corrected chi connectivity index (χ1v) is 6.79. The van der Waals surface area contributed by atoms with Crippen molar-refractivity contribution in [1.82, 2.24) is 20.4 Å². The molecule has 0 aromatic carbocycles. The van der Waals surface area contributed by atoms with E-state index in [9.17, 15) is 9.59 Å². The summed E-state index contributed by atoms with van der Waals surface area (Å²) in [7, 11) is 1.83. The minimum atomic E-state index is -0.386. The lowest BCUT2D eigenvalue weighted by Gasteiger charge is -2.34. The van der Waals surface area contributed by atoms with E-state index in [4.69, 9.17) is 0 Å².